The lowest BCUT2D eigenvalue weighted by Crippen LogP contribution is -2.49. The Morgan fingerprint density at radius 3 is 2.29 bits per heavy atom. The SMILES string of the molecule is CC(C)(C)C(=O)[C@H]1[C@H](c2ccco2)C2(C(=O)c3ccccc3C2=O)[C@H]2C=Cc3cc(Br)ccc3N12. The zero-order chi connectivity index (χ0) is 24.7. The summed E-state index contributed by atoms with van der Waals surface area (Å²) in [5, 5.41) is 0. The van der Waals surface area contributed by atoms with Crippen molar-refractivity contribution < 1.29 is 18.8 Å². The number of hydrogen-bond acceptors (Lipinski definition) is 5. The highest BCUT2D eigenvalue weighted by atomic mass is 79.9. The van der Waals surface area contributed by atoms with Gasteiger partial charge in [0, 0.05) is 26.7 Å². The summed E-state index contributed by atoms with van der Waals surface area (Å²) >= 11 is 3.54. The molecule has 2 aromatic carbocycles. The van der Waals surface area contributed by atoms with Gasteiger partial charge in [-0.2, -0.15) is 0 Å². The van der Waals surface area contributed by atoms with E-state index in [2.05, 4.69) is 15.9 Å². The molecule has 3 aliphatic rings. The summed E-state index contributed by atoms with van der Waals surface area (Å²) in [5.41, 5.74) is 0.357. The molecule has 3 atom stereocenters. The van der Waals surface area contributed by atoms with Gasteiger partial charge in [-0.1, -0.05) is 73.1 Å². The molecule has 0 bridgehead atoms. The summed E-state index contributed by atoms with van der Waals surface area (Å²) in [6, 6.07) is 15.0. The van der Waals surface area contributed by atoms with Crippen LogP contribution in [0.25, 0.3) is 6.08 Å². The van der Waals surface area contributed by atoms with Gasteiger partial charge in [0.25, 0.3) is 0 Å². The van der Waals surface area contributed by atoms with Crippen LogP contribution in [0.3, 0.4) is 0 Å². The highest BCUT2D eigenvalue weighted by Crippen LogP contribution is 2.61. The zero-order valence-electron chi connectivity index (χ0n) is 19.6. The van der Waals surface area contributed by atoms with Crippen molar-refractivity contribution in [2.75, 3.05) is 4.90 Å². The van der Waals surface area contributed by atoms with E-state index in [1.54, 1.807) is 36.4 Å². The highest BCUT2D eigenvalue weighted by Gasteiger charge is 2.72. The van der Waals surface area contributed by atoms with Gasteiger partial charge in [-0.15, -0.1) is 0 Å². The molecular formula is C29H24BrNO4. The largest absolute Gasteiger partial charge is 0.469 e. The smallest absolute Gasteiger partial charge is 0.180 e. The number of benzene rings is 2. The van der Waals surface area contributed by atoms with Crippen molar-refractivity contribution in [2.45, 2.75) is 38.8 Å². The Morgan fingerprint density at radius 1 is 1.00 bits per heavy atom. The first kappa shape index (κ1) is 22.2. The molecule has 0 unspecified atom stereocenters. The molecule has 1 aromatic heterocycles. The molecule has 2 aliphatic heterocycles. The fourth-order valence-corrected chi connectivity index (χ4v) is 6.55. The number of nitrogens with zero attached hydrogens (tertiary/aromatic N) is 1. The van der Waals surface area contributed by atoms with Crippen LogP contribution in [0.1, 0.15) is 58.7 Å². The molecule has 3 aromatic rings. The second kappa shape index (κ2) is 7.37. The van der Waals surface area contributed by atoms with E-state index in [0.717, 1.165) is 15.7 Å². The summed E-state index contributed by atoms with van der Waals surface area (Å²) in [4.78, 5) is 44.9. The van der Waals surface area contributed by atoms with E-state index in [4.69, 9.17) is 4.42 Å². The molecular weight excluding hydrogens is 506 g/mol. The molecule has 0 N–H and O–H groups in total. The van der Waals surface area contributed by atoms with E-state index in [-0.39, 0.29) is 17.3 Å². The maximum Gasteiger partial charge on any atom is 0.180 e. The predicted molar refractivity (Wildman–Crippen MR) is 137 cm³/mol. The lowest BCUT2D eigenvalue weighted by Gasteiger charge is -2.38. The van der Waals surface area contributed by atoms with E-state index in [0.29, 0.717) is 16.9 Å². The Bertz CT molecular complexity index is 1390. The molecule has 6 heteroatoms. The van der Waals surface area contributed by atoms with Crippen molar-refractivity contribution in [1.29, 1.82) is 0 Å². The molecule has 3 heterocycles. The Hall–Kier alpha value is -3.25. The molecule has 5 nitrogen and oxygen atoms in total. The molecule has 0 amide bonds. The summed E-state index contributed by atoms with van der Waals surface area (Å²) in [6.45, 7) is 5.64. The van der Waals surface area contributed by atoms with Crippen molar-refractivity contribution in [2.24, 2.45) is 10.8 Å². The van der Waals surface area contributed by atoms with Gasteiger partial charge >= 0.3 is 0 Å². The summed E-state index contributed by atoms with van der Waals surface area (Å²) in [5.74, 6) is -0.834. The van der Waals surface area contributed by atoms with Gasteiger partial charge in [-0.25, -0.2) is 0 Å². The maximum atomic E-state index is 14.3. The minimum atomic E-state index is -1.51. The Labute approximate surface area is 211 Å². The van der Waals surface area contributed by atoms with Crippen molar-refractivity contribution in [3.05, 3.63) is 93.9 Å². The fourth-order valence-electron chi connectivity index (χ4n) is 6.17. The van der Waals surface area contributed by atoms with Crippen LogP contribution in [0.15, 0.2) is 75.8 Å². The first-order chi connectivity index (χ1) is 16.7. The number of anilines is 1. The summed E-state index contributed by atoms with van der Waals surface area (Å²) in [6.07, 6.45) is 5.41. The Kier molecular flexibility index (Phi) is 4.68. The third-order valence-corrected chi connectivity index (χ3v) is 8.12. The molecule has 0 radical (unpaired) electrons. The van der Waals surface area contributed by atoms with Crippen LogP contribution in [0.2, 0.25) is 0 Å². The molecule has 1 saturated heterocycles. The van der Waals surface area contributed by atoms with Gasteiger partial charge in [-0.3, -0.25) is 14.4 Å². The number of ketones is 3. The maximum absolute atomic E-state index is 14.3. The quantitative estimate of drug-likeness (QED) is 0.375. The first-order valence-electron chi connectivity index (χ1n) is 11.7. The summed E-state index contributed by atoms with van der Waals surface area (Å²) < 4.78 is 6.80. The standard InChI is InChI=1S/C29H24BrNO4/c1-28(2,3)27(34)24-23(21-9-6-14-35-21)29(25(32)18-7-4-5-8-19(18)26(29)33)22-13-10-16-15-17(30)11-12-20(16)31(22)24/h4-15,22-24H,1-3H3/t22-,23+,24-/m1/s1. The van der Waals surface area contributed by atoms with Crippen LogP contribution in [0.5, 0.6) is 0 Å². The first-order valence-corrected chi connectivity index (χ1v) is 12.5. The van der Waals surface area contributed by atoms with Crippen molar-refractivity contribution >= 4 is 45.0 Å². The Morgan fingerprint density at radius 2 is 1.69 bits per heavy atom. The number of furan rings is 1. The molecule has 1 fully saturated rings. The van der Waals surface area contributed by atoms with E-state index in [9.17, 15) is 14.4 Å². The van der Waals surface area contributed by atoms with E-state index < -0.39 is 28.8 Å². The minimum Gasteiger partial charge on any atom is -0.469 e. The second-order valence-electron chi connectivity index (χ2n) is 10.5. The number of Topliss-reactive ketones (excluding diaryl/α,β-unsaturated/α-hetero) is 3. The predicted octanol–water partition coefficient (Wildman–Crippen LogP) is 6.09. The topological polar surface area (TPSA) is 67.6 Å². The van der Waals surface area contributed by atoms with Gasteiger partial charge in [0.05, 0.1) is 18.2 Å². The van der Waals surface area contributed by atoms with Gasteiger partial charge < -0.3 is 9.32 Å². The number of hydrogen-bond donors (Lipinski definition) is 0. The molecule has 176 valence electrons. The molecule has 1 aliphatic carbocycles. The number of carbonyl (C=O) groups excluding carboxylic acids is 3. The fraction of sp³-hybridized carbons (Fsp3) is 0.276. The van der Waals surface area contributed by atoms with E-state index in [1.165, 1.54) is 6.26 Å². The van der Waals surface area contributed by atoms with E-state index >= 15 is 0 Å². The highest BCUT2D eigenvalue weighted by molar-refractivity contribution is 9.10. The van der Waals surface area contributed by atoms with Gasteiger partial charge in [0.15, 0.2) is 17.3 Å². The average molecular weight is 530 g/mol. The van der Waals surface area contributed by atoms with Crippen LogP contribution in [-0.4, -0.2) is 29.4 Å². The lowest BCUT2D eigenvalue weighted by molar-refractivity contribution is -0.128. The Balaban J connectivity index is 1.69. The van der Waals surface area contributed by atoms with Crippen molar-refractivity contribution in [3.8, 4) is 0 Å². The van der Waals surface area contributed by atoms with Gasteiger partial charge in [-0.05, 0) is 35.9 Å². The lowest BCUT2D eigenvalue weighted by atomic mass is 9.65. The monoisotopic (exact) mass is 529 g/mol. The van der Waals surface area contributed by atoms with Crippen LogP contribution >= 0.6 is 15.9 Å². The molecule has 1 spiro atoms. The zero-order valence-corrected chi connectivity index (χ0v) is 21.2. The van der Waals surface area contributed by atoms with E-state index in [1.807, 2.05) is 56.0 Å². The number of carbonyl (C=O) groups is 3. The molecule has 0 saturated carbocycles. The molecule has 6 rings (SSSR count). The van der Waals surface area contributed by atoms with Crippen LogP contribution in [-0.2, 0) is 4.79 Å². The summed E-state index contributed by atoms with van der Waals surface area (Å²) in [7, 11) is 0. The third kappa shape index (κ3) is 2.83. The van der Waals surface area contributed by atoms with Gasteiger partial charge in [0.2, 0.25) is 0 Å². The number of rotatable bonds is 2. The number of fused-ring (bicyclic) bond motifs is 5. The second-order valence-corrected chi connectivity index (χ2v) is 11.5. The minimum absolute atomic E-state index is 0.0403. The van der Waals surface area contributed by atoms with Gasteiger partial charge in [0.1, 0.15) is 17.2 Å². The molecule has 35 heavy (non-hydrogen) atoms. The third-order valence-electron chi connectivity index (χ3n) is 7.62. The average Bonchev–Trinajstić information content (AvgIpc) is 3.51. The van der Waals surface area contributed by atoms with Crippen LogP contribution in [0, 0.1) is 10.8 Å². The van der Waals surface area contributed by atoms with Crippen molar-refractivity contribution in [1.82, 2.24) is 0 Å². The number of halogens is 1. The normalized spacial score (nSPS) is 24.0. The van der Waals surface area contributed by atoms with Crippen LogP contribution in [0.4, 0.5) is 5.69 Å². The van der Waals surface area contributed by atoms with Crippen LogP contribution < -0.4 is 4.90 Å². The van der Waals surface area contributed by atoms with Crippen molar-refractivity contribution in [3.63, 3.8) is 0 Å².